The van der Waals surface area contributed by atoms with Crippen molar-refractivity contribution < 1.29 is 44.9 Å². The summed E-state index contributed by atoms with van der Waals surface area (Å²) in [6.45, 7) is 11.9. The van der Waals surface area contributed by atoms with Gasteiger partial charge in [0.2, 0.25) is 5.91 Å². The average molecular weight is 912 g/mol. The molecule has 2 aliphatic carbocycles. The third kappa shape index (κ3) is 10.5. The monoisotopic (exact) mass is 911 g/mol. The van der Waals surface area contributed by atoms with E-state index < -0.39 is 48.4 Å². The second kappa shape index (κ2) is 19.3. The van der Waals surface area contributed by atoms with Gasteiger partial charge in [-0.1, -0.05) is 87.1 Å². The number of benzene rings is 1. The SMILES string of the molecule is CC1(C)C2=CC(S(=O)(=O)O)=CCC2(C)[N+](CCCC2=C/C=C\C=C/C=C\2)=C1/C=C/C=C/C=C1/N(CCCCCC(=O)NCCN2C(=O)C=CC2=O)c2ccc(S(=O)(=O)O)cc2C1(C)C. The van der Waals surface area contributed by atoms with Crippen molar-refractivity contribution in [2.45, 2.75) is 95.4 Å². The Morgan fingerprint density at radius 3 is 2.25 bits per heavy atom. The molecule has 0 spiro atoms. The Kier molecular flexibility index (Phi) is 14.5. The Labute approximate surface area is 377 Å². The second-order valence-electron chi connectivity index (χ2n) is 17.8. The zero-order valence-corrected chi connectivity index (χ0v) is 38.8. The number of carbonyl (C=O) groups is 3. The number of amides is 3. The van der Waals surface area contributed by atoms with Gasteiger partial charge in [0.05, 0.1) is 15.2 Å². The lowest BCUT2D eigenvalue weighted by atomic mass is 9.72. The van der Waals surface area contributed by atoms with Gasteiger partial charge in [-0.05, 0) is 74.6 Å². The molecule has 13 nitrogen and oxygen atoms in total. The Bertz CT molecular complexity index is 2630. The van der Waals surface area contributed by atoms with E-state index in [4.69, 9.17) is 0 Å². The van der Waals surface area contributed by atoms with E-state index in [-0.39, 0.29) is 35.2 Å². The van der Waals surface area contributed by atoms with Crippen LogP contribution in [0.5, 0.6) is 0 Å². The summed E-state index contributed by atoms with van der Waals surface area (Å²) < 4.78 is 71.2. The van der Waals surface area contributed by atoms with Crippen LogP contribution in [0.2, 0.25) is 0 Å². The minimum atomic E-state index is -4.45. The van der Waals surface area contributed by atoms with Crippen molar-refractivity contribution in [1.82, 2.24) is 10.2 Å². The van der Waals surface area contributed by atoms with E-state index in [1.54, 1.807) is 18.2 Å². The lowest BCUT2D eigenvalue weighted by molar-refractivity contribution is -0.587. The van der Waals surface area contributed by atoms with Crippen LogP contribution in [0, 0.1) is 5.41 Å². The van der Waals surface area contributed by atoms with Crippen molar-refractivity contribution in [3.63, 3.8) is 0 Å². The van der Waals surface area contributed by atoms with E-state index in [2.05, 4.69) is 53.8 Å². The molecular formula is C49H59N4O9S2+. The predicted octanol–water partition coefficient (Wildman–Crippen LogP) is 7.37. The van der Waals surface area contributed by atoms with Crippen molar-refractivity contribution in [2.75, 3.05) is 31.1 Å². The van der Waals surface area contributed by atoms with Crippen LogP contribution in [0.1, 0.15) is 85.1 Å². The normalized spacial score (nSPS) is 24.4. The molecule has 3 amide bonds. The zero-order valence-electron chi connectivity index (χ0n) is 37.2. The summed E-state index contributed by atoms with van der Waals surface area (Å²) in [5.41, 5.74) is 3.90. The van der Waals surface area contributed by atoms with Gasteiger partial charge in [0, 0.05) is 86.4 Å². The van der Waals surface area contributed by atoms with Crippen LogP contribution < -0.4 is 10.2 Å². The van der Waals surface area contributed by atoms with Gasteiger partial charge >= 0.3 is 0 Å². The molecule has 0 saturated heterocycles. The molecule has 1 atom stereocenters. The molecule has 64 heavy (non-hydrogen) atoms. The first-order valence-electron chi connectivity index (χ1n) is 21.7. The lowest BCUT2D eigenvalue weighted by Crippen LogP contribution is -2.40. The van der Waals surface area contributed by atoms with Crippen LogP contribution >= 0.6 is 0 Å². The molecule has 3 N–H and O–H groups in total. The van der Waals surface area contributed by atoms with Gasteiger partial charge in [0.25, 0.3) is 32.1 Å². The standard InChI is InChI=1S/C49H58N4O9S2/c1-47(2)39-34-37(63(57,58)59)24-25-40(39)51(31-16-10-15-23-44(54)50-30-33-52-45(55)26-27-46(52)56)42(47)21-13-9-14-22-43-48(3,4)41-35-38(64(60,61)62)28-29-49(41,5)53(43)32-17-20-36-18-11-7-6-8-12-19-36/h6-9,11-14,18-19,21-22,24-28,34-35H,10,15-17,20,23,29-33H2,1-5H3,(H2-,50,54,57,58,59,60,61,62)/p+1/b7-6-,8-6?,11-7?,12-8-,18-11-,19-12?,36-18?,36-19+. The van der Waals surface area contributed by atoms with Gasteiger partial charge in [-0.2, -0.15) is 16.8 Å². The third-order valence-electron chi connectivity index (χ3n) is 12.7. The molecule has 5 aliphatic rings. The third-order valence-corrected chi connectivity index (χ3v) is 14.4. The fourth-order valence-corrected chi connectivity index (χ4v) is 10.4. The lowest BCUT2D eigenvalue weighted by Gasteiger charge is -2.30. The highest BCUT2D eigenvalue weighted by Crippen LogP contribution is 2.50. The molecule has 0 saturated carbocycles. The van der Waals surface area contributed by atoms with Gasteiger partial charge < -0.3 is 10.2 Å². The van der Waals surface area contributed by atoms with Crippen LogP contribution in [-0.2, 0) is 40.0 Å². The molecule has 0 radical (unpaired) electrons. The largest absolute Gasteiger partial charge is 0.354 e. The van der Waals surface area contributed by atoms with Crippen LogP contribution in [0.3, 0.4) is 0 Å². The number of anilines is 1. The van der Waals surface area contributed by atoms with Crippen molar-refractivity contribution >= 4 is 49.4 Å². The molecule has 1 aromatic rings. The van der Waals surface area contributed by atoms with Crippen LogP contribution in [0.25, 0.3) is 0 Å². The molecular weight excluding hydrogens is 853 g/mol. The van der Waals surface area contributed by atoms with Crippen molar-refractivity contribution in [1.29, 1.82) is 0 Å². The first-order valence-corrected chi connectivity index (χ1v) is 24.5. The van der Waals surface area contributed by atoms with Gasteiger partial charge in [0.15, 0.2) is 11.3 Å². The van der Waals surface area contributed by atoms with E-state index in [0.29, 0.717) is 25.9 Å². The second-order valence-corrected chi connectivity index (χ2v) is 20.6. The number of fused-ring (bicyclic) bond motifs is 2. The molecule has 6 rings (SSSR count). The maximum absolute atomic E-state index is 12.5. The predicted molar refractivity (Wildman–Crippen MR) is 250 cm³/mol. The zero-order chi connectivity index (χ0) is 46.5. The highest BCUT2D eigenvalue weighted by Gasteiger charge is 2.58. The number of hydrogen-bond donors (Lipinski definition) is 3. The molecule has 1 aromatic carbocycles. The number of imide groups is 1. The first kappa shape index (κ1) is 48.0. The van der Waals surface area contributed by atoms with E-state index in [1.807, 2.05) is 68.5 Å². The Hall–Kier alpha value is -5.48. The molecule has 0 bridgehead atoms. The topological polar surface area (TPSA) is 181 Å². The summed E-state index contributed by atoms with van der Waals surface area (Å²) in [6, 6.07) is 4.64. The Morgan fingerprint density at radius 2 is 1.53 bits per heavy atom. The van der Waals surface area contributed by atoms with E-state index >= 15 is 0 Å². The Morgan fingerprint density at radius 1 is 0.812 bits per heavy atom. The quantitative estimate of drug-likeness (QED) is 0.0443. The molecule has 15 heteroatoms. The maximum Gasteiger partial charge on any atom is 0.294 e. The molecule has 1 unspecified atom stereocenters. The fourth-order valence-electron chi connectivity index (χ4n) is 9.37. The fraction of sp³-hybridized carbons (Fsp3) is 0.388. The summed E-state index contributed by atoms with van der Waals surface area (Å²) >= 11 is 0. The highest BCUT2D eigenvalue weighted by atomic mass is 32.2. The van der Waals surface area contributed by atoms with E-state index in [0.717, 1.165) is 58.8 Å². The minimum Gasteiger partial charge on any atom is -0.354 e. The maximum atomic E-state index is 12.5. The van der Waals surface area contributed by atoms with Crippen molar-refractivity contribution in [3.05, 3.63) is 143 Å². The van der Waals surface area contributed by atoms with Crippen molar-refractivity contribution in [2.24, 2.45) is 5.41 Å². The highest BCUT2D eigenvalue weighted by molar-refractivity contribution is 7.90. The average Bonchev–Trinajstić information content (AvgIpc) is 3.70. The number of rotatable bonds is 18. The first-order chi connectivity index (χ1) is 30.2. The Balaban J connectivity index is 1.20. The van der Waals surface area contributed by atoms with Crippen LogP contribution in [-0.4, -0.2) is 90.6 Å². The number of unbranched alkanes of at least 4 members (excludes halogenated alkanes) is 2. The van der Waals surface area contributed by atoms with Crippen LogP contribution in [0.4, 0.5) is 5.69 Å². The van der Waals surface area contributed by atoms with Crippen LogP contribution in [0.15, 0.2) is 142 Å². The number of hydrogen-bond acceptors (Lipinski definition) is 8. The molecule has 340 valence electrons. The summed E-state index contributed by atoms with van der Waals surface area (Å²) in [5, 5.41) is 2.77. The minimum absolute atomic E-state index is 0.0888. The summed E-state index contributed by atoms with van der Waals surface area (Å²) in [4.78, 5) is 39.0. The van der Waals surface area contributed by atoms with E-state index in [1.165, 1.54) is 29.9 Å². The van der Waals surface area contributed by atoms with Gasteiger partial charge in [-0.25, -0.2) is 4.58 Å². The van der Waals surface area contributed by atoms with Gasteiger partial charge in [-0.3, -0.25) is 28.4 Å². The molecule has 0 fully saturated rings. The van der Waals surface area contributed by atoms with Gasteiger partial charge in [0.1, 0.15) is 6.54 Å². The summed E-state index contributed by atoms with van der Waals surface area (Å²) in [7, 11) is -8.85. The number of nitrogens with one attached hydrogen (secondary N) is 1. The van der Waals surface area contributed by atoms with Gasteiger partial charge in [-0.15, -0.1) is 0 Å². The summed E-state index contributed by atoms with van der Waals surface area (Å²) in [5.74, 6) is -0.950. The van der Waals surface area contributed by atoms with E-state index in [9.17, 15) is 40.3 Å². The molecule has 3 heterocycles. The summed E-state index contributed by atoms with van der Waals surface area (Å²) in [6.07, 6.45) is 34.3. The number of nitrogens with zero attached hydrogens (tertiary/aromatic N) is 3. The number of carbonyl (C=O) groups excluding carboxylic acids is 3. The number of allylic oxidation sites excluding steroid dienone is 15. The molecule has 0 aromatic heterocycles. The molecule has 3 aliphatic heterocycles. The van der Waals surface area contributed by atoms with Crippen molar-refractivity contribution in [3.8, 4) is 0 Å². The smallest absolute Gasteiger partial charge is 0.294 e.